The van der Waals surface area contributed by atoms with Crippen molar-refractivity contribution in [2.45, 2.75) is 61.3 Å². The molecule has 0 saturated carbocycles. The summed E-state index contributed by atoms with van der Waals surface area (Å²) in [4.78, 5) is 24.7. The van der Waals surface area contributed by atoms with E-state index in [1.54, 1.807) is 21.1 Å². The molecule has 3 rings (SSSR count). The lowest BCUT2D eigenvalue weighted by molar-refractivity contribution is -0.910. The molecule has 2 saturated heterocycles. The van der Waals surface area contributed by atoms with Gasteiger partial charge in [0, 0.05) is 5.69 Å². The monoisotopic (exact) mass is 562 g/mol. The molecule has 0 aliphatic carbocycles. The van der Waals surface area contributed by atoms with Gasteiger partial charge < -0.3 is 69.6 Å². The molecule has 2 aliphatic rings. The second-order valence-corrected chi connectivity index (χ2v) is 10.1. The highest BCUT2D eigenvalue weighted by atomic mass is 16.7. The molecule has 39 heavy (non-hydrogen) atoms. The maximum atomic E-state index is 12.6. The van der Waals surface area contributed by atoms with Gasteiger partial charge in [0.1, 0.15) is 36.6 Å². The summed E-state index contributed by atoms with van der Waals surface area (Å²) >= 11 is 0. The minimum absolute atomic E-state index is 0.0238. The van der Waals surface area contributed by atoms with Gasteiger partial charge >= 0.3 is 11.9 Å². The van der Waals surface area contributed by atoms with Crippen LogP contribution in [0, 0.1) is 0 Å². The minimum Gasteiger partial charge on any atom is -0.872 e. The van der Waals surface area contributed by atoms with Crippen LogP contribution in [-0.4, -0.2) is 143 Å². The van der Waals surface area contributed by atoms with Gasteiger partial charge in [-0.1, -0.05) is 11.8 Å². The SMILES string of the molecule is C[N+](C)(C)[C@@H]1[C@@H](O[C@@H]2O[C@H](C(=O)OCOC(=O)c3cc(N)ccc3[O-])[C@@H](O)[C@H](O)[C@H]2O)[C@H](O)[C@@H](CO)O[C@H]1O. The van der Waals surface area contributed by atoms with Gasteiger partial charge in [-0.05, 0) is 12.1 Å². The number of rotatable bonds is 8. The molecule has 16 heteroatoms. The third-order valence-corrected chi connectivity index (χ3v) is 6.44. The van der Waals surface area contributed by atoms with Crippen LogP contribution in [0.4, 0.5) is 5.69 Å². The van der Waals surface area contributed by atoms with E-state index in [1.165, 1.54) is 6.07 Å². The Hall–Kier alpha value is -2.64. The first-order valence-electron chi connectivity index (χ1n) is 11.9. The molecule has 16 nitrogen and oxygen atoms in total. The molecule has 0 amide bonds. The highest BCUT2D eigenvalue weighted by Gasteiger charge is 2.55. The van der Waals surface area contributed by atoms with E-state index < -0.39 is 98.0 Å². The summed E-state index contributed by atoms with van der Waals surface area (Å²) in [7, 11) is 4.95. The van der Waals surface area contributed by atoms with E-state index in [9.17, 15) is 45.3 Å². The molecule has 220 valence electrons. The van der Waals surface area contributed by atoms with Gasteiger partial charge in [0.05, 0.1) is 33.3 Å². The fourth-order valence-electron chi connectivity index (χ4n) is 4.37. The fourth-order valence-corrected chi connectivity index (χ4v) is 4.37. The lowest BCUT2D eigenvalue weighted by Crippen LogP contribution is -2.70. The third kappa shape index (κ3) is 6.75. The van der Waals surface area contributed by atoms with E-state index in [0.717, 1.165) is 12.1 Å². The quantitative estimate of drug-likeness (QED) is 0.0680. The Morgan fingerprint density at radius 2 is 1.67 bits per heavy atom. The summed E-state index contributed by atoms with van der Waals surface area (Å²) < 4.78 is 25.9. The highest BCUT2D eigenvalue weighted by Crippen LogP contribution is 2.32. The van der Waals surface area contributed by atoms with Crippen molar-refractivity contribution in [3.05, 3.63) is 23.8 Å². The number of ether oxygens (including phenoxy) is 5. The van der Waals surface area contributed by atoms with Crippen molar-refractivity contribution in [1.82, 2.24) is 0 Å². The van der Waals surface area contributed by atoms with Gasteiger partial charge in [0.2, 0.25) is 13.1 Å². The number of carbonyl (C=O) groups is 2. The average Bonchev–Trinajstić information content (AvgIpc) is 2.86. The number of hydrogen-bond acceptors (Lipinski definition) is 15. The Labute approximate surface area is 222 Å². The van der Waals surface area contributed by atoms with Gasteiger partial charge in [-0.15, -0.1) is 0 Å². The number of anilines is 1. The summed E-state index contributed by atoms with van der Waals surface area (Å²) in [6.45, 7) is -1.69. The largest absolute Gasteiger partial charge is 0.872 e. The van der Waals surface area contributed by atoms with Crippen LogP contribution in [0.5, 0.6) is 5.75 Å². The van der Waals surface area contributed by atoms with Gasteiger partial charge in [-0.2, -0.15) is 0 Å². The number of nitrogens with two attached hydrogens (primary N) is 1. The number of quaternary nitrogens is 1. The van der Waals surface area contributed by atoms with E-state index in [2.05, 4.69) is 0 Å². The molecule has 0 radical (unpaired) electrons. The van der Waals surface area contributed by atoms with Crippen LogP contribution in [0.3, 0.4) is 0 Å². The van der Waals surface area contributed by atoms with Crippen LogP contribution < -0.4 is 10.8 Å². The van der Waals surface area contributed by atoms with Gasteiger partial charge in [0.15, 0.2) is 18.4 Å². The number of esters is 2. The van der Waals surface area contributed by atoms with Crippen LogP contribution in [-0.2, 0) is 28.5 Å². The van der Waals surface area contributed by atoms with Crippen LogP contribution in [0.25, 0.3) is 0 Å². The molecule has 1 aromatic rings. The lowest BCUT2D eigenvalue weighted by atomic mass is 9.94. The molecule has 2 fully saturated rings. The van der Waals surface area contributed by atoms with Crippen molar-refractivity contribution < 1.29 is 73.5 Å². The molecule has 2 heterocycles. The number of nitrogens with zero attached hydrogens (tertiary/aromatic N) is 1. The Morgan fingerprint density at radius 3 is 2.28 bits per heavy atom. The molecule has 10 atom stereocenters. The smallest absolute Gasteiger partial charge is 0.341 e. The topological polar surface area (TPSA) is 251 Å². The maximum Gasteiger partial charge on any atom is 0.341 e. The van der Waals surface area contributed by atoms with Crippen LogP contribution in [0.1, 0.15) is 10.4 Å². The van der Waals surface area contributed by atoms with E-state index >= 15 is 0 Å². The fraction of sp³-hybridized carbons (Fsp3) is 0.652. The van der Waals surface area contributed by atoms with Gasteiger partial charge in [0.25, 0.3) is 0 Å². The Balaban J connectivity index is 1.70. The molecule has 0 bridgehead atoms. The molecule has 8 N–H and O–H groups in total. The zero-order chi connectivity index (χ0) is 29.2. The summed E-state index contributed by atoms with van der Waals surface area (Å²) in [5.41, 5.74) is 5.26. The number of likely N-dealkylation sites (N-methyl/N-ethyl adjacent to an activating group) is 1. The van der Waals surface area contributed by atoms with Gasteiger partial charge in [-0.3, -0.25) is 0 Å². The summed E-state index contributed by atoms with van der Waals surface area (Å²) in [5.74, 6) is -3.15. The predicted octanol–water partition coefficient (Wildman–Crippen LogP) is -4.66. The van der Waals surface area contributed by atoms with Crippen molar-refractivity contribution in [1.29, 1.82) is 0 Å². The van der Waals surface area contributed by atoms with Crippen molar-refractivity contribution in [3.8, 4) is 5.75 Å². The van der Waals surface area contributed by atoms with Crippen LogP contribution in [0.2, 0.25) is 0 Å². The minimum atomic E-state index is -2.00. The van der Waals surface area contributed by atoms with Crippen molar-refractivity contribution in [2.75, 3.05) is 40.3 Å². The lowest BCUT2D eigenvalue weighted by Gasteiger charge is -2.49. The maximum absolute atomic E-state index is 12.6. The zero-order valence-corrected chi connectivity index (χ0v) is 21.4. The molecule has 0 unspecified atom stereocenters. The number of nitrogen functional groups attached to an aromatic ring is 1. The number of aliphatic hydroxyl groups excluding tert-OH is 6. The number of benzene rings is 1. The molecular formula is C23H34N2O14. The summed E-state index contributed by atoms with van der Waals surface area (Å²) in [6.07, 6.45) is -15.4. The highest BCUT2D eigenvalue weighted by molar-refractivity contribution is 5.93. The Bertz CT molecular complexity index is 1020. The molecule has 2 aliphatic heterocycles. The van der Waals surface area contributed by atoms with E-state index in [4.69, 9.17) is 29.4 Å². The summed E-state index contributed by atoms with van der Waals surface area (Å²) in [6, 6.07) is 2.42. The Kier molecular flexibility index (Phi) is 9.71. The number of aliphatic hydroxyl groups is 6. The molecular weight excluding hydrogens is 528 g/mol. The standard InChI is InChI=1S/C23H34N2O14/c1-25(2,3)13-18(14(28)12(7-26)37-21(13)33)38-23-17(31)15(29)16(30)19(39-23)22(34)36-8-35-20(32)10-6-9(24)4-5-11(10)27/h4-6,12-19,21,23,26,28-31,33H,7-8,24H2,1-3H3/t12-,13-,14-,15+,16+,17-,18-,19+,21-,23-/m1/s1. The van der Waals surface area contributed by atoms with E-state index in [0.29, 0.717) is 0 Å². The van der Waals surface area contributed by atoms with Crippen molar-refractivity contribution in [2.24, 2.45) is 0 Å². The van der Waals surface area contributed by atoms with Crippen molar-refractivity contribution >= 4 is 17.6 Å². The second kappa shape index (κ2) is 12.3. The zero-order valence-electron chi connectivity index (χ0n) is 21.4. The second-order valence-electron chi connectivity index (χ2n) is 10.1. The Morgan fingerprint density at radius 1 is 1.00 bits per heavy atom. The number of carbonyl (C=O) groups excluding carboxylic acids is 2. The summed E-state index contributed by atoms with van der Waals surface area (Å²) in [5, 5.41) is 73.7. The van der Waals surface area contributed by atoms with E-state index in [1.807, 2.05) is 0 Å². The van der Waals surface area contributed by atoms with Crippen LogP contribution >= 0.6 is 0 Å². The van der Waals surface area contributed by atoms with Crippen LogP contribution in [0.15, 0.2) is 18.2 Å². The third-order valence-electron chi connectivity index (χ3n) is 6.44. The van der Waals surface area contributed by atoms with Crippen molar-refractivity contribution in [3.63, 3.8) is 0 Å². The van der Waals surface area contributed by atoms with E-state index in [-0.39, 0.29) is 10.2 Å². The molecule has 0 spiro atoms. The molecule has 1 aromatic carbocycles. The predicted molar refractivity (Wildman–Crippen MR) is 124 cm³/mol. The number of hydrogen-bond donors (Lipinski definition) is 7. The average molecular weight is 563 g/mol. The normalized spacial score (nSPS) is 35.3. The first-order chi connectivity index (χ1) is 18.2. The first-order valence-corrected chi connectivity index (χ1v) is 11.9. The van der Waals surface area contributed by atoms with Gasteiger partial charge in [-0.25, -0.2) is 9.59 Å². The first kappa shape index (κ1) is 30.9. The molecule has 0 aromatic heterocycles.